The van der Waals surface area contributed by atoms with Crippen LogP contribution in [-0.2, 0) is 4.79 Å². The second-order valence-electron chi connectivity index (χ2n) is 2.60. The van der Waals surface area contributed by atoms with Gasteiger partial charge >= 0.3 is 5.97 Å². The van der Waals surface area contributed by atoms with Crippen LogP contribution < -0.4 is 0 Å². The molecule has 0 heterocycles. The highest BCUT2D eigenvalue weighted by Gasteiger charge is 2.30. The maximum absolute atomic E-state index is 10.00. The molecule has 0 aliphatic heterocycles. The van der Waals surface area contributed by atoms with Gasteiger partial charge in [0.1, 0.15) is 0 Å². The lowest BCUT2D eigenvalue weighted by atomic mass is 10.0. The van der Waals surface area contributed by atoms with E-state index in [4.69, 9.17) is 15.3 Å². The van der Waals surface area contributed by atoms with E-state index in [0.29, 0.717) is 0 Å². The molecule has 0 amide bonds. The van der Waals surface area contributed by atoms with Crippen LogP contribution in [0.2, 0.25) is 0 Å². The fourth-order valence-corrected chi connectivity index (χ4v) is 0.427. The Morgan fingerprint density at radius 2 is 1.90 bits per heavy atom. The van der Waals surface area contributed by atoms with Gasteiger partial charge in [-0.3, -0.25) is 4.79 Å². The monoisotopic (exact) mass is 148 g/mol. The molecule has 0 fully saturated rings. The predicted molar refractivity (Wildman–Crippen MR) is 34.3 cm³/mol. The molecular weight excluding hydrogens is 136 g/mol. The number of rotatable bonds is 3. The molecule has 3 N–H and O–H groups in total. The molecule has 0 unspecified atom stereocenters. The zero-order valence-electron chi connectivity index (χ0n) is 6.03. The first-order chi connectivity index (χ1) is 4.36. The maximum atomic E-state index is 10.00. The van der Waals surface area contributed by atoms with Crippen LogP contribution in [0.4, 0.5) is 0 Å². The van der Waals surface area contributed by atoms with Crippen molar-refractivity contribution in [1.82, 2.24) is 0 Å². The van der Waals surface area contributed by atoms with Gasteiger partial charge in [0.25, 0.3) is 0 Å². The fraction of sp³-hybridized carbons (Fsp3) is 0.833. The molecule has 4 heteroatoms. The molecule has 0 atom stereocenters. The summed E-state index contributed by atoms with van der Waals surface area (Å²) in [6, 6.07) is 0. The van der Waals surface area contributed by atoms with Crippen molar-refractivity contribution in [2.24, 2.45) is 5.92 Å². The molecule has 0 radical (unpaired) electrons. The summed E-state index contributed by atoms with van der Waals surface area (Å²) in [5.74, 6) is -3.76. The van der Waals surface area contributed by atoms with Crippen LogP contribution in [0.1, 0.15) is 20.3 Å². The summed E-state index contributed by atoms with van der Waals surface area (Å²) in [6.45, 7) is 3.09. The third kappa shape index (κ3) is 2.80. The number of hydrogen-bond acceptors (Lipinski definition) is 3. The average molecular weight is 148 g/mol. The normalized spacial score (nSPS) is 12.1. The molecule has 0 rings (SSSR count). The number of carbonyl (C=O) groups is 1. The van der Waals surface area contributed by atoms with Crippen LogP contribution >= 0.6 is 0 Å². The lowest BCUT2D eigenvalue weighted by Gasteiger charge is -2.23. The van der Waals surface area contributed by atoms with E-state index in [1.807, 2.05) is 0 Å². The molecule has 4 nitrogen and oxygen atoms in total. The maximum Gasteiger partial charge on any atom is 0.308 e. The molecule has 0 spiro atoms. The largest absolute Gasteiger partial charge is 0.481 e. The van der Waals surface area contributed by atoms with Crippen LogP contribution in [0.25, 0.3) is 0 Å². The standard InChI is InChI=1S/C6H12O4/c1-4(2)6(9,10)3-5(7)8/h4,9-10H,3H2,1-2H3,(H,7,8). The van der Waals surface area contributed by atoms with E-state index in [1.165, 1.54) is 0 Å². The Bertz CT molecular complexity index is 128. The minimum atomic E-state index is -2.08. The van der Waals surface area contributed by atoms with Gasteiger partial charge in [-0.1, -0.05) is 13.8 Å². The van der Waals surface area contributed by atoms with Gasteiger partial charge < -0.3 is 15.3 Å². The van der Waals surface area contributed by atoms with Gasteiger partial charge in [0.2, 0.25) is 0 Å². The third-order valence-electron chi connectivity index (χ3n) is 1.34. The number of carboxylic acid groups (broad SMARTS) is 1. The Labute approximate surface area is 59.1 Å². The van der Waals surface area contributed by atoms with Gasteiger partial charge in [-0.15, -0.1) is 0 Å². The molecule has 0 aromatic carbocycles. The van der Waals surface area contributed by atoms with E-state index < -0.39 is 24.1 Å². The van der Waals surface area contributed by atoms with Crippen molar-refractivity contribution < 1.29 is 20.1 Å². The van der Waals surface area contributed by atoms with Crippen LogP contribution in [0.3, 0.4) is 0 Å². The summed E-state index contributed by atoms with van der Waals surface area (Å²) in [5.41, 5.74) is 0. The van der Waals surface area contributed by atoms with Gasteiger partial charge in [-0.25, -0.2) is 0 Å². The second-order valence-corrected chi connectivity index (χ2v) is 2.60. The molecule has 0 saturated heterocycles. The Morgan fingerprint density at radius 3 is 2.00 bits per heavy atom. The fourth-order valence-electron chi connectivity index (χ4n) is 0.427. The lowest BCUT2D eigenvalue weighted by molar-refractivity contribution is -0.203. The summed E-state index contributed by atoms with van der Waals surface area (Å²) < 4.78 is 0. The molecule has 0 bridgehead atoms. The van der Waals surface area contributed by atoms with Crippen molar-refractivity contribution in [2.75, 3.05) is 0 Å². The number of aliphatic hydroxyl groups is 2. The lowest BCUT2D eigenvalue weighted by Crippen LogP contribution is -2.36. The van der Waals surface area contributed by atoms with Gasteiger partial charge in [0, 0.05) is 5.92 Å². The average Bonchev–Trinajstić information content (AvgIpc) is 1.60. The van der Waals surface area contributed by atoms with Crippen LogP contribution in [0, 0.1) is 5.92 Å². The molecule has 0 aliphatic carbocycles. The van der Waals surface area contributed by atoms with Crippen molar-refractivity contribution in [2.45, 2.75) is 26.1 Å². The van der Waals surface area contributed by atoms with E-state index in [0.717, 1.165) is 0 Å². The SMILES string of the molecule is CC(C)C(O)(O)CC(=O)O. The first-order valence-corrected chi connectivity index (χ1v) is 3.03. The van der Waals surface area contributed by atoms with Crippen LogP contribution in [-0.4, -0.2) is 27.1 Å². The van der Waals surface area contributed by atoms with Crippen molar-refractivity contribution in [3.05, 3.63) is 0 Å². The summed E-state index contributed by atoms with van der Waals surface area (Å²) in [6.07, 6.45) is -0.634. The first-order valence-electron chi connectivity index (χ1n) is 3.03. The minimum Gasteiger partial charge on any atom is -0.481 e. The smallest absolute Gasteiger partial charge is 0.308 e. The summed E-state index contributed by atoms with van der Waals surface area (Å²) in [5, 5.41) is 26.1. The quantitative estimate of drug-likeness (QED) is 0.484. The first kappa shape index (κ1) is 9.39. The van der Waals surface area contributed by atoms with E-state index in [2.05, 4.69) is 0 Å². The van der Waals surface area contributed by atoms with Crippen molar-refractivity contribution in [3.8, 4) is 0 Å². The molecule has 0 aromatic rings. The highest BCUT2D eigenvalue weighted by molar-refractivity contribution is 5.67. The van der Waals surface area contributed by atoms with Gasteiger partial charge in [-0.05, 0) is 0 Å². The Kier molecular flexibility index (Phi) is 2.80. The topological polar surface area (TPSA) is 77.8 Å². The predicted octanol–water partition coefficient (Wildman–Crippen LogP) is -0.202. The summed E-state index contributed by atoms with van der Waals surface area (Å²) >= 11 is 0. The third-order valence-corrected chi connectivity index (χ3v) is 1.34. The van der Waals surface area contributed by atoms with Gasteiger partial charge in [-0.2, -0.15) is 0 Å². The minimum absolute atomic E-state index is 0.469. The Hall–Kier alpha value is -0.610. The van der Waals surface area contributed by atoms with Crippen LogP contribution in [0.5, 0.6) is 0 Å². The molecule has 60 valence electrons. The van der Waals surface area contributed by atoms with E-state index in [9.17, 15) is 4.79 Å². The summed E-state index contributed by atoms with van der Waals surface area (Å²) in [7, 11) is 0. The molecule has 10 heavy (non-hydrogen) atoms. The molecule has 0 saturated carbocycles. The second kappa shape index (κ2) is 2.98. The zero-order chi connectivity index (χ0) is 8.36. The molecular formula is C6H12O4. The molecule has 0 aromatic heterocycles. The van der Waals surface area contributed by atoms with Gasteiger partial charge in [0.15, 0.2) is 5.79 Å². The van der Waals surface area contributed by atoms with Crippen molar-refractivity contribution >= 4 is 5.97 Å². The van der Waals surface area contributed by atoms with E-state index in [1.54, 1.807) is 13.8 Å². The van der Waals surface area contributed by atoms with E-state index >= 15 is 0 Å². The van der Waals surface area contributed by atoms with Crippen molar-refractivity contribution in [3.63, 3.8) is 0 Å². The van der Waals surface area contributed by atoms with Crippen molar-refractivity contribution in [1.29, 1.82) is 0 Å². The van der Waals surface area contributed by atoms with Crippen LogP contribution in [0.15, 0.2) is 0 Å². The zero-order valence-corrected chi connectivity index (χ0v) is 6.03. The Morgan fingerprint density at radius 1 is 1.50 bits per heavy atom. The number of carboxylic acids is 1. The molecule has 0 aliphatic rings. The highest BCUT2D eigenvalue weighted by atomic mass is 16.5. The number of aliphatic carboxylic acids is 1. The highest BCUT2D eigenvalue weighted by Crippen LogP contribution is 2.16. The number of hydrogen-bond donors (Lipinski definition) is 3. The Balaban J connectivity index is 3.99. The van der Waals surface area contributed by atoms with E-state index in [-0.39, 0.29) is 0 Å². The summed E-state index contributed by atoms with van der Waals surface area (Å²) in [4.78, 5) is 10.00. The van der Waals surface area contributed by atoms with Gasteiger partial charge in [0.05, 0.1) is 6.42 Å².